The van der Waals surface area contributed by atoms with Crippen LogP contribution in [0.5, 0.6) is 0 Å². The van der Waals surface area contributed by atoms with Crippen molar-refractivity contribution in [3.05, 3.63) is 77.0 Å². The van der Waals surface area contributed by atoms with E-state index in [1.807, 2.05) is 42.5 Å². The van der Waals surface area contributed by atoms with Gasteiger partial charge in [-0.15, -0.1) is 5.10 Å². The van der Waals surface area contributed by atoms with Crippen molar-refractivity contribution in [2.45, 2.75) is 58.2 Å². The van der Waals surface area contributed by atoms with Gasteiger partial charge in [-0.1, -0.05) is 62.9 Å². The van der Waals surface area contributed by atoms with Gasteiger partial charge in [0.25, 0.3) is 11.8 Å². The molecule has 2 aliphatic heterocycles. The van der Waals surface area contributed by atoms with E-state index in [-0.39, 0.29) is 37.3 Å². The third kappa shape index (κ3) is 7.72. The number of nitrogens with zero attached hydrogens (tertiary/aromatic N) is 5. The van der Waals surface area contributed by atoms with E-state index in [2.05, 4.69) is 34.2 Å². The third-order valence-electron chi connectivity index (χ3n) is 8.53. The molecule has 3 heterocycles. The number of carbonyl (C=O) groups is 3. The Morgan fingerprint density at radius 2 is 1.62 bits per heavy atom. The van der Waals surface area contributed by atoms with E-state index < -0.39 is 12.2 Å². The molecule has 240 valence electrons. The SMILES string of the molecule is CCCCCCCOC(=O)n1nc(NC(=O)c2ccc(N3CCN(C)CC3)cc2)c2c1CN(C(=O)C(OC)c1ccccc1)C2. The Morgan fingerprint density at radius 3 is 2.31 bits per heavy atom. The van der Waals surface area contributed by atoms with E-state index in [9.17, 15) is 14.4 Å². The Hall–Kier alpha value is -4.22. The molecule has 0 spiro atoms. The number of ether oxygens (including phenoxy) is 2. The minimum Gasteiger partial charge on any atom is -0.448 e. The fourth-order valence-electron chi connectivity index (χ4n) is 5.82. The number of fused-ring (bicyclic) bond motifs is 1. The molecule has 1 fully saturated rings. The van der Waals surface area contributed by atoms with E-state index in [1.54, 1.807) is 17.0 Å². The minimum atomic E-state index is -0.802. The summed E-state index contributed by atoms with van der Waals surface area (Å²) in [6, 6.07) is 16.8. The number of nitrogens with one attached hydrogen (secondary N) is 1. The maximum Gasteiger partial charge on any atom is 0.435 e. The molecule has 45 heavy (non-hydrogen) atoms. The van der Waals surface area contributed by atoms with Crippen LogP contribution >= 0.6 is 0 Å². The fraction of sp³-hybridized carbons (Fsp3) is 0.471. The van der Waals surface area contributed by atoms with Gasteiger partial charge >= 0.3 is 6.09 Å². The van der Waals surface area contributed by atoms with Crippen molar-refractivity contribution in [2.75, 3.05) is 57.2 Å². The average molecular weight is 617 g/mol. The number of methoxy groups -OCH3 is 1. The Balaban J connectivity index is 1.32. The first-order valence-corrected chi connectivity index (χ1v) is 15.9. The zero-order valence-electron chi connectivity index (χ0n) is 26.5. The quantitative estimate of drug-likeness (QED) is 0.281. The van der Waals surface area contributed by atoms with Crippen molar-refractivity contribution >= 4 is 29.4 Å². The molecule has 0 aliphatic carbocycles. The summed E-state index contributed by atoms with van der Waals surface area (Å²) >= 11 is 0. The number of aromatic nitrogens is 2. The van der Waals surface area contributed by atoms with Crippen molar-refractivity contribution < 1.29 is 23.9 Å². The number of hydrogen-bond acceptors (Lipinski definition) is 8. The molecule has 0 radical (unpaired) electrons. The summed E-state index contributed by atoms with van der Waals surface area (Å²) in [7, 11) is 3.62. The topological polar surface area (TPSA) is 109 Å². The summed E-state index contributed by atoms with van der Waals surface area (Å²) in [4.78, 5) is 46.4. The number of unbranched alkanes of at least 4 members (excludes halogenated alkanes) is 4. The van der Waals surface area contributed by atoms with Gasteiger partial charge in [0, 0.05) is 50.1 Å². The van der Waals surface area contributed by atoms with E-state index in [0.717, 1.165) is 69.5 Å². The average Bonchev–Trinajstić information content (AvgIpc) is 3.64. The molecule has 3 aromatic rings. The molecule has 2 aliphatic rings. The predicted molar refractivity (Wildman–Crippen MR) is 172 cm³/mol. The highest BCUT2D eigenvalue weighted by Crippen LogP contribution is 2.33. The van der Waals surface area contributed by atoms with Crippen LogP contribution in [0.2, 0.25) is 0 Å². The molecule has 11 heteroatoms. The van der Waals surface area contributed by atoms with Crippen molar-refractivity contribution in [1.29, 1.82) is 0 Å². The molecule has 1 unspecified atom stereocenters. The second kappa shape index (κ2) is 15.2. The monoisotopic (exact) mass is 616 g/mol. The largest absolute Gasteiger partial charge is 0.448 e. The minimum absolute atomic E-state index is 0.134. The van der Waals surface area contributed by atoms with Crippen molar-refractivity contribution in [1.82, 2.24) is 19.6 Å². The molecule has 11 nitrogen and oxygen atoms in total. The summed E-state index contributed by atoms with van der Waals surface area (Å²) in [6.45, 7) is 6.59. The summed E-state index contributed by atoms with van der Waals surface area (Å²) in [5, 5.41) is 7.36. The number of piperazine rings is 1. The van der Waals surface area contributed by atoms with Crippen LogP contribution in [0.3, 0.4) is 0 Å². The van der Waals surface area contributed by atoms with Crippen LogP contribution in [-0.2, 0) is 27.4 Å². The van der Waals surface area contributed by atoms with Crippen LogP contribution in [0.4, 0.5) is 16.3 Å². The summed E-state index contributed by atoms with van der Waals surface area (Å²) in [6.07, 6.45) is 3.70. The number of rotatable bonds is 12. The first-order valence-electron chi connectivity index (χ1n) is 15.9. The molecular formula is C34H44N6O5. The zero-order chi connectivity index (χ0) is 31.8. The van der Waals surface area contributed by atoms with Crippen LogP contribution in [0.25, 0.3) is 0 Å². The lowest BCUT2D eigenvalue weighted by Crippen LogP contribution is -2.44. The lowest BCUT2D eigenvalue weighted by atomic mass is 10.1. The summed E-state index contributed by atoms with van der Waals surface area (Å²) in [5.41, 5.74) is 3.40. The Kier molecular flexibility index (Phi) is 10.9. The Morgan fingerprint density at radius 1 is 0.911 bits per heavy atom. The van der Waals surface area contributed by atoms with Crippen LogP contribution in [0.15, 0.2) is 54.6 Å². The molecule has 0 bridgehead atoms. The van der Waals surface area contributed by atoms with Gasteiger partial charge in [0.1, 0.15) is 0 Å². The van der Waals surface area contributed by atoms with Crippen molar-refractivity contribution in [3.8, 4) is 0 Å². The smallest absolute Gasteiger partial charge is 0.435 e. The maximum absolute atomic E-state index is 13.6. The van der Waals surface area contributed by atoms with Crippen LogP contribution in [-0.4, -0.2) is 84.4 Å². The lowest BCUT2D eigenvalue weighted by Gasteiger charge is -2.34. The van der Waals surface area contributed by atoms with Crippen LogP contribution in [0, 0.1) is 0 Å². The standard InChI is InChI=1S/C34H44N6O5/c1-4-5-6-7-11-22-45-34(43)40-29-24-39(33(42)30(44-3)25-12-9-8-10-13-25)23-28(29)31(36-40)35-32(41)26-14-16-27(17-15-26)38-20-18-37(2)19-21-38/h8-10,12-17,30H,4-7,11,18-24H2,1-3H3,(H,35,36,41). The molecule has 1 atom stereocenters. The van der Waals surface area contributed by atoms with E-state index in [4.69, 9.17) is 9.47 Å². The van der Waals surface area contributed by atoms with Gasteiger partial charge < -0.3 is 29.5 Å². The van der Waals surface area contributed by atoms with Crippen LogP contribution < -0.4 is 10.2 Å². The number of carbonyl (C=O) groups excluding carboxylic acids is 3. The molecule has 1 saturated heterocycles. The van der Waals surface area contributed by atoms with Crippen LogP contribution in [0.1, 0.15) is 72.3 Å². The van der Waals surface area contributed by atoms with E-state index >= 15 is 0 Å². The molecular weight excluding hydrogens is 572 g/mol. The maximum atomic E-state index is 13.6. The highest BCUT2D eigenvalue weighted by molar-refractivity contribution is 6.04. The van der Waals surface area contributed by atoms with Gasteiger partial charge in [0.05, 0.1) is 25.4 Å². The van der Waals surface area contributed by atoms with Gasteiger partial charge in [0.15, 0.2) is 11.9 Å². The predicted octanol–water partition coefficient (Wildman–Crippen LogP) is 5.07. The molecule has 2 aromatic carbocycles. The molecule has 5 rings (SSSR count). The van der Waals surface area contributed by atoms with Gasteiger partial charge in [0.2, 0.25) is 0 Å². The number of anilines is 2. The van der Waals surface area contributed by atoms with Crippen molar-refractivity contribution in [2.24, 2.45) is 0 Å². The highest BCUT2D eigenvalue weighted by atomic mass is 16.6. The second-order valence-corrected chi connectivity index (χ2v) is 11.7. The van der Waals surface area contributed by atoms with Gasteiger partial charge in [-0.3, -0.25) is 9.59 Å². The molecule has 1 aromatic heterocycles. The number of hydrogen-bond donors (Lipinski definition) is 1. The zero-order valence-corrected chi connectivity index (χ0v) is 26.5. The van der Waals surface area contributed by atoms with E-state index in [1.165, 1.54) is 11.8 Å². The first kappa shape index (κ1) is 32.2. The third-order valence-corrected chi connectivity index (χ3v) is 8.53. The second-order valence-electron chi connectivity index (χ2n) is 11.7. The summed E-state index contributed by atoms with van der Waals surface area (Å²) in [5.74, 6) is -0.352. The van der Waals surface area contributed by atoms with Gasteiger partial charge in [-0.25, -0.2) is 4.79 Å². The lowest BCUT2D eigenvalue weighted by molar-refractivity contribution is -0.143. The Labute approximate surface area is 265 Å². The van der Waals surface area contributed by atoms with Gasteiger partial charge in [-0.05, 0) is 43.3 Å². The fourth-order valence-corrected chi connectivity index (χ4v) is 5.82. The normalized spacial score (nSPS) is 15.5. The van der Waals surface area contributed by atoms with Crippen molar-refractivity contribution in [3.63, 3.8) is 0 Å². The molecule has 1 N–H and O–H groups in total. The first-order chi connectivity index (χ1) is 21.9. The Bertz CT molecular complexity index is 1450. The number of likely N-dealkylation sites (N-methyl/N-ethyl adjacent to an activating group) is 1. The number of benzene rings is 2. The molecule has 0 saturated carbocycles. The van der Waals surface area contributed by atoms with E-state index in [0.29, 0.717) is 16.8 Å². The highest BCUT2D eigenvalue weighted by Gasteiger charge is 2.36. The molecule has 2 amide bonds. The van der Waals surface area contributed by atoms with Gasteiger partial charge in [-0.2, -0.15) is 4.68 Å². The summed E-state index contributed by atoms with van der Waals surface area (Å²) < 4.78 is 12.3. The number of amides is 2.